The molecule has 0 aliphatic carbocycles. The van der Waals surface area contributed by atoms with E-state index in [-0.39, 0.29) is 5.91 Å². The zero-order valence-corrected chi connectivity index (χ0v) is 17.7. The Labute approximate surface area is 180 Å². The molecule has 1 atom stereocenters. The van der Waals surface area contributed by atoms with E-state index in [1.807, 2.05) is 61.5 Å². The topological polar surface area (TPSA) is 50.4 Å². The molecule has 6 heteroatoms. The molecule has 1 amide bonds. The maximum Gasteiger partial charge on any atom is 0.246 e. The monoisotopic (exact) mass is 428 g/mol. The third-order valence-electron chi connectivity index (χ3n) is 4.52. The van der Waals surface area contributed by atoms with Gasteiger partial charge in [-0.2, -0.15) is 0 Å². The van der Waals surface area contributed by atoms with E-state index >= 15 is 0 Å². The number of ether oxygens (including phenoxy) is 1. The number of methoxy groups -OCH3 is 1. The number of carbonyl (C=O) groups excluding carboxylic acids is 1. The molecule has 0 bridgehead atoms. The van der Waals surface area contributed by atoms with Crippen LogP contribution < -0.4 is 15.4 Å². The zero-order chi connectivity index (χ0) is 20.8. The van der Waals surface area contributed by atoms with Crippen LogP contribution in [0.15, 0.2) is 66.7 Å². The van der Waals surface area contributed by atoms with Crippen molar-refractivity contribution in [1.82, 2.24) is 5.32 Å². The summed E-state index contributed by atoms with van der Waals surface area (Å²) in [6, 6.07) is 19.9. The van der Waals surface area contributed by atoms with Crippen molar-refractivity contribution in [3.63, 3.8) is 0 Å². The van der Waals surface area contributed by atoms with Gasteiger partial charge in [0.05, 0.1) is 12.8 Å². The maximum absolute atomic E-state index is 13.2. The Morgan fingerprint density at radius 1 is 1.03 bits per heavy atom. The van der Waals surface area contributed by atoms with E-state index < -0.39 is 6.04 Å². The van der Waals surface area contributed by atoms with Gasteiger partial charge in [0.25, 0.3) is 0 Å². The molecule has 4 nitrogen and oxygen atoms in total. The number of halogens is 2. The average molecular weight is 429 g/mol. The number of carbonyl (C=O) groups is 1. The Morgan fingerprint density at radius 3 is 2.48 bits per heavy atom. The quantitative estimate of drug-likeness (QED) is 0.501. The average Bonchev–Trinajstić information content (AvgIpc) is 2.70. The van der Waals surface area contributed by atoms with Crippen LogP contribution in [0.3, 0.4) is 0 Å². The largest absolute Gasteiger partial charge is 0.495 e. The maximum atomic E-state index is 13.2. The number of hydrogen-bond donors (Lipinski definition) is 2. The molecule has 0 aromatic heterocycles. The molecule has 0 unspecified atom stereocenters. The normalized spacial score (nSPS) is 11.7. The minimum atomic E-state index is -0.576. The molecular formula is C23H22Cl2N2O2. The van der Waals surface area contributed by atoms with Crippen molar-refractivity contribution in [2.75, 3.05) is 12.4 Å². The molecule has 0 aliphatic rings. The van der Waals surface area contributed by atoms with Crippen molar-refractivity contribution >= 4 is 34.8 Å². The predicted octanol–water partition coefficient (Wildman–Crippen LogP) is 5.78. The van der Waals surface area contributed by atoms with Crippen LogP contribution in [0, 0.1) is 6.92 Å². The Kier molecular flexibility index (Phi) is 7.15. The Balaban J connectivity index is 1.84. The van der Waals surface area contributed by atoms with Crippen LogP contribution in [-0.2, 0) is 11.3 Å². The van der Waals surface area contributed by atoms with Gasteiger partial charge >= 0.3 is 0 Å². The summed E-state index contributed by atoms with van der Waals surface area (Å²) in [5.74, 6) is 0.418. The van der Waals surface area contributed by atoms with Gasteiger partial charge in [-0.1, -0.05) is 65.7 Å². The van der Waals surface area contributed by atoms with Gasteiger partial charge in [-0.25, -0.2) is 0 Å². The van der Waals surface area contributed by atoms with Gasteiger partial charge in [-0.15, -0.1) is 0 Å². The zero-order valence-electron chi connectivity index (χ0n) is 16.2. The molecular weight excluding hydrogens is 407 g/mol. The Bertz CT molecular complexity index is 993. The number of benzene rings is 3. The van der Waals surface area contributed by atoms with E-state index in [9.17, 15) is 4.79 Å². The first-order chi connectivity index (χ1) is 14.0. The van der Waals surface area contributed by atoms with Crippen LogP contribution in [0.1, 0.15) is 22.7 Å². The Morgan fingerprint density at radius 2 is 1.79 bits per heavy atom. The van der Waals surface area contributed by atoms with Crippen LogP contribution in [0.4, 0.5) is 5.69 Å². The second-order valence-corrected chi connectivity index (χ2v) is 7.50. The molecule has 150 valence electrons. The second kappa shape index (κ2) is 9.79. The molecule has 0 heterocycles. The first kappa shape index (κ1) is 21.2. The van der Waals surface area contributed by atoms with Crippen molar-refractivity contribution in [2.24, 2.45) is 0 Å². The molecule has 3 aromatic carbocycles. The van der Waals surface area contributed by atoms with E-state index in [1.54, 1.807) is 19.2 Å². The predicted molar refractivity (Wildman–Crippen MR) is 119 cm³/mol. The summed E-state index contributed by atoms with van der Waals surface area (Å²) in [6.45, 7) is 2.37. The summed E-state index contributed by atoms with van der Waals surface area (Å²) >= 11 is 12.3. The number of rotatable bonds is 7. The highest BCUT2D eigenvalue weighted by Gasteiger charge is 2.21. The Hall–Kier alpha value is -2.53. The van der Waals surface area contributed by atoms with Gasteiger partial charge in [0, 0.05) is 16.6 Å². The number of amides is 1. The number of nitrogens with one attached hydrogen (secondary N) is 2. The fourth-order valence-electron chi connectivity index (χ4n) is 3.01. The number of hydrogen-bond acceptors (Lipinski definition) is 3. The van der Waals surface area contributed by atoms with Crippen LogP contribution in [0.5, 0.6) is 5.75 Å². The van der Waals surface area contributed by atoms with Crippen molar-refractivity contribution in [1.29, 1.82) is 0 Å². The lowest BCUT2D eigenvalue weighted by Crippen LogP contribution is -2.33. The highest BCUT2D eigenvalue weighted by Crippen LogP contribution is 2.27. The smallest absolute Gasteiger partial charge is 0.246 e. The lowest BCUT2D eigenvalue weighted by Gasteiger charge is -2.20. The third kappa shape index (κ3) is 5.51. The molecule has 0 saturated carbocycles. The van der Waals surface area contributed by atoms with E-state index in [0.29, 0.717) is 28.0 Å². The lowest BCUT2D eigenvalue weighted by atomic mass is 10.1. The van der Waals surface area contributed by atoms with Crippen LogP contribution in [-0.4, -0.2) is 13.0 Å². The molecule has 2 N–H and O–H groups in total. The summed E-state index contributed by atoms with van der Waals surface area (Å²) < 4.78 is 5.38. The fourth-order valence-corrected chi connectivity index (χ4v) is 3.48. The van der Waals surface area contributed by atoms with Gasteiger partial charge in [-0.3, -0.25) is 10.1 Å². The van der Waals surface area contributed by atoms with Crippen LogP contribution in [0.2, 0.25) is 10.0 Å². The minimum absolute atomic E-state index is 0.190. The number of aryl methyl sites for hydroxylation is 1. The highest BCUT2D eigenvalue weighted by atomic mass is 35.5. The molecule has 3 aromatic rings. The van der Waals surface area contributed by atoms with Gasteiger partial charge < -0.3 is 10.1 Å². The molecule has 29 heavy (non-hydrogen) atoms. The van der Waals surface area contributed by atoms with Gasteiger partial charge in [-0.05, 0) is 47.9 Å². The van der Waals surface area contributed by atoms with Gasteiger partial charge in [0.2, 0.25) is 5.91 Å². The summed E-state index contributed by atoms with van der Waals surface area (Å²) in [4.78, 5) is 13.2. The molecule has 3 rings (SSSR count). The molecule has 0 saturated heterocycles. The van der Waals surface area contributed by atoms with Crippen molar-refractivity contribution in [3.05, 3.63) is 93.5 Å². The SMILES string of the molecule is COc1ccc(C)cc1NC(=O)[C@H](NCc1ccc(Cl)cc1Cl)c1ccccc1. The number of anilines is 1. The van der Waals surface area contributed by atoms with Gasteiger partial charge in [0.1, 0.15) is 11.8 Å². The van der Waals surface area contributed by atoms with Crippen molar-refractivity contribution < 1.29 is 9.53 Å². The lowest BCUT2D eigenvalue weighted by molar-refractivity contribution is -0.118. The van der Waals surface area contributed by atoms with Crippen molar-refractivity contribution in [2.45, 2.75) is 19.5 Å². The fraction of sp³-hybridized carbons (Fsp3) is 0.174. The summed E-state index contributed by atoms with van der Waals surface area (Å²) in [5, 5.41) is 7.41. The van der Waals surface area contributed by atoms with Gasteiger partial charge in [0.15, 0.2) is 0 Å². The second-order valence-electron chi connectivity index (χ2n) is 6.65. The molecule has 0 radical (unpaired) electrons. The van der Waals surface area contributed by atoms with E-state index in [2.05, 4.69) is 10.6 Å². The first-order valence-electron chi connectivity index (χ1n) is 9.15. The van der Waals surface area contributed by atoms with E-state index in [4.69, 9.17) is 27.9 Å². The standard InChI is InChI=1S/C23H22Cl2N2O2/c1-15-8-11-21(29-2)20(12-15)27-23(28)22(16-6-4-3-5-7-16)26-14-17-9-10-18(24)13-19(17)25/h3-13,22,26H,14H2,1-2H3,(H,27,28)/t22-/m1/s1. The molecule has 0 aliphatic heterocycles. The third-order valence-corrected chi connectivity index (χ3v) is 5.11. The molecule has 0 spiro atoms. The van der Waals surface area contributed by atoms with E-state index in [1.165, 1.54) is 0 Å². The summed E-state index contributed by atoms with van der Waals surface area (Å²) in [5.41, 5.74) is 3.36. The van der Waals surface area contributed by atoms with Crippen LogP contribution >= 0.6 is 23.2 Å². The first-order valence-corrected chi connectivity index (χ1v) is 9.91. The minimum Gasteiger partial charge on any atom is -0.495 e. The highest BCUT2D eigenvalue weighted by molar-refractivity contribution is 6.35. The molecule has 0 fully saturated rings. The summed E-state index contributed by atoms with van der Waals surface area (Å²) in [6.07, 6.45) is 0. The van der Waals surface area contributed by atoms with Crippen LogP contribution in [0.25, 0.3) is 0 Å². The van der Waals surface area contributed by atoms with E-state index in [0.717, 1.165) is 16.7 Å². The van der Waals surface area contributed by atoms with Crippen molar-refractivity contribution in [3.8, 4) is 5.75 Å². The summed E-state index contributed by atoms with van der Waals surface area (Å²) in [7, 11) is 1.58.